The van der Waals surface area contributed by atoms with Crippen molar-refractivity contribution in [3.8, 4) is 28.5 Å². The Balaban J connectivity index is 1.42. The van der Waals surface area contributed by atoms with Crippen molar-refractivity contribution in [1.29, 1.82) is 0 Å². The predicted octanol–water partition coefficient (Wildman–Crippen LogP) is 5.27. The van der Waals surface area contributed by atoms with Crippen molar-refractivity contribution in [2.24, 2.45) is 0 Å². The molecule has 5 rings (SSSR count). The minimum Gasteiger partial charge on any atom is -0.491 e. The van der Waals surface area contributed by atoms with E-state index < -0.39 is 0 Å². The van der Waals surface area contributed by atoms with Crippen molar-refractivity contribution in [3.05, 3.63) is 94.4 Å². The van der Waals surface area contributed by atoms with E-state index in [0.717, 1.165) is 22.6 Å². The lowest BCUT2D eigenvalue weighted by atomic mass is 10.1. The average molecular weight is 455 g/mol. The van der Waals surface area contributed by atoms with Gasteiger partial charge in [-0.1, -0.05) is 29.8 Å². The van der Waals surface area contributed by atoms with E-state index in [1.54, 1.807) is 21.5 Å². The summed E-state index contributed by atoms with van der Waals surface area (Å²) in [4.78, 5) is 17.8. The van der Waals surface area contributed by atoms with Gasteiger partial charge in [0.05, 0.1) is 18.3 Å². The number of oxazole rings is 1. The number of hydrogen-bond acceptors (Lipinski definition) is 5. The number of aryl methyl sites for hydroxylation is 2. The van der Waals surface area contributed by atoms with Crippen LogP contribution in [-0.2, 0) is 6.54 Å². The zero-order chi connectivity index (χ0) is 23.8. The number of aromatic nitrogens is 4. The van der Waals surface area contributed by atoms with E-state index in [-0.39, 0.29) is 11.7 Å². The Morgan fingerprint density at radius 2 is 1.68 bits per heavy atom. The molecule has 2 aromatic carbocycles. The number of nitrogens with zero attached hydrogens (tertiary/aromatic N) is 4. The molecule has 7 nitrogen and oxygen atoms in total. The van der Waals surface area contributed by atoms with E-state index in [2.05, 4.69) is 10.1 Å². The largest absolute Gasteiger partial charge is 0.491 e. The lowest BCUT2D eigenvalue weighted by Gasteiger charge is -2.09. The standard InChI is InChI=1S/C27H26N4O3/c1-17(2)33-22-11-9-21(10-12-22)26-28-24(19(4)34-26)16-30-13-14-31-25(27(30)32)15-23(29-31)20-7-5-18(3)6-8-20/h5-15,17H,16H2,1-4H3. The van der Waals surface area contributed by atoms with Gasteiger partial charge < -0.3 is 13.7 Å². The Bertz CT molecular complexity index is 1510. The molecule has 0 aliphatic heterocycles. The van der Waals surface area contributed by atoms with Crippen LogP contribution < -0.4 is 10.3 Å². The third kappa shape index (κ3) is 4.24. The first-order chi connectivity index (χ1) is 16.4. The fourth-order valence-electron chi connectivity index (χ4n) is 3.82. The second kappa shape index (κ2) is 8.67. The Labute approximate surface area is 197 Å². The Morgan fingerprint density at radius 3 is 2.38 bits per heavy atom. The highest BCUT2D eigenvalue weighted by Crippen LogP contribution is 2.25. The smallest absolute Gasteiger partial charge is 0.276 e. The second-order valence-corrected chi connectivity index (χ2v) is 8.67. The van der Waals surface area contributed by atoms with Gasteiger partial charge in [0.2, 0.25) is 5.89 Å². The highest BCUT2D eigenvalue weighted by Gasteiger charge is 2.15. The SMILES string of the molecule is Cc1ccc(-c2cc3c(=O)n(Cc4nc(-c5ccc(OC(C)C)cc5)oc4C)ccn3n2)cc1. The van der Waals surface area contributed by atoms with Gasteiger partial charge in [-0.25, -0.2) is 9.50 Å². The number of hydrogen-bond donors (Lipinski definition) is 0. The van der Waals surface area contributed by atoms with Crippen LogP contribution in [0.2, 0.25) is 0 Å². The molecule has 0 N–H and O–H groups in total. The van der Waals surface area contributed by atoms with Crippen LogP contribution in [0.25, 0.3) is 28.2 Å². The zero-order valence-corrected chi connectivity index (χ0v) is 19.6. The quantitative estimate of drug-likeness (QED) is 0.349. The molecular weight excluding hydrogens is 428 g/mol. The van der Waals surface area contributed by atoms with Crippen molar-refractivity contribution in [3.63, 3.8) is 0 Å². The van der Waals surface area contributed by atoms with Crippen molar-refractivity contribution in [1.82, 2.24) is 19.2 Å². The number of benzene rings is 2. The average Bonchev–Trinajstić information content (AvgIpc) is 3.41. The summed E-state index contributed by atoms with van der Waals surface area (Å²) in [5, 5.41) is 4.57. The topological polar surface area (TPSA) is 74.6 Å². The van der Waals surface area contributed by atoms with Gasteiger partial charge >= 0.3 is 0 Å². The van der Waals surface area contributed by atoms with Gasteiger partial charge in [-0.3, -0.25) is 4.79 Å². The lowest BCUT2D eigenvalue weighted by molar-refractivity contribution is 0.242. The van der Waals surface area contributed by atoms with Gasteiger partial charge in [0, 0.05) is 23.5 Å². The van der Waals surface area contributed by atoms with E-state index in [9.17, 15) is 4.79 Å². The minimum absolute atomic E-state index is 0.112. The molecule has 0 saturated carbocycles. The first kappa shape index (κ1) is 21.7. The van der Waals surface area contributed by atoms with Crippen LogP contribution in [-0.4, -0.2) is 25.3 Å². The molecule has 0 saturated heterocycles. The van der Waals surface area contributed by atoms with Crippen LogP contribution in [0.4, 0.5) is 0 Å². The van der Waals surface area contributed by atoms with Crippen molar-refractivity contribution in [2.75, 3.05) is 0 Å². The van der Waals surface area contributed by atoms with Crippen molar-refractivity contribution in [2.45, 2.75) is 40.3 Å². The Hall–Kier alpha value is -4.13. The number of fused-ring (bicyclic) bond motifs is 1. The van der Waals surface area contributed by atoms with Crippen LogP contribution in [0.15, 0.2) is 76.2 Å². The van der Waals surface area contributed by atoms with Gasteiger partial charge in [-0.05, 0) is 58.0 Å². The molecule has 0 unspecified atom stereocenters. The van der Waals surface area contributed by atoms with E-state index in [1.165, 1.54) is 5.56 Å². The summed E-state index contributed by atoms with van der Waals surface area (Å²) < 4.78 is 14.9. The molecule has 0 fully saturated rings. The molecule has 5 aromatic rings. The Kier molecular flexibility index (Phi) is 5.53. The van der Waals surface area contributed by atoms with Crippen LogP contribution in [0.5, 0.6) is 5.75 Å². The monoisotopic (exact) mass is 454 g/mol. The lowest BCUT2D eigenvalue weighted by Crippen LogP contribution is -2.22. The maximum Gasteiger partial charge on any atom is 0.276 e. The number of ether oxygens (including phenoxy) is 1. The molecule has 172 valence electrons. The molecule has 7 heteroatoms. The highest BCUT2D eigenvalue weighted by molar-refractivity contribution is 5.65. The fraction of sp³-hybridized carbons (Fsp3) is 0.222. The van der Waals surface area contributed by atoms with Crippen molar-refractivity contribution >= 4 is 5.52 Å². The summed E-state index contributed by atoms with van der Waals surface area (Å²) in [6.45, 7) is 8.19. The third-order valence-corrected chi connectivity index (χ3v) is 5.64. The highest BCUT2D eigenvalue weighted by atomic mass is 16.5. The van der Waals surface area contributed by atoms with Gasteiger partial charge in [0.1, 0.15) is 22.7 Å². The summed E-state index contributed by atoms with van der Waals surface area (Å²) in [6.07, 6.45) is 3.63. The van der Waals surface area contributed by atoms with Gasteiger partial charge in [-0.15, -0.1) is 0 Å². The third-order valence-electron chi connectivity index (χ3n) is 5.64. The van der Waals surface area contributed by atoms with E-state index in [0.29, 0.717) is 29.4 Å². The summed E-state index contributed by atoms with van der Waals surface area (Å²) in [5.41, 5.74) is 4.86. The fourth-order valence-corrected chi connectivity index (χ4v) is 3.82. The molecule has 0 bridgehead atoms. The molecule has 0 aliphatic carbocycles. The maximum atomic E-state index is 13.2. The van der Waals surface area contributed by atoms with Gasteiger partial charge in [-0.2, -0.15) is 5.10 Å². The van der Waals surface area contributed by atoms with Crippen LogP contribution in [0.3, 0.4) is 0 Å². The second-order valence-electron chi connectivity index (χ2n) is 8.67. The first-order valence-electron chi connectivity index (χ1n) is 11.3. The van der Waals surface area contributed by atoms with E-state index in [4.69, 9.17) is 9.15 Å². The summed E-state index contributed by atoms with van der Waals surface area (Å²) in [5.74, 6) is 2.00. The molecule has 0 spiro atoms. The minimum atomic E-state index is -0.132. The summed E-state index contributed by atoms with van der Waals surface area (Å²) >= 11 is 0. The molecule has 0 radical (unpaired) electrons. The predicted molar refractivity (Wildman–Crippen MR) is 131 cm³/mol. The van der Waals surface area contributed by atoms with Crippen molar-refractivity contribution < 1.29 is 9.15 Å². The summed E-state index contributed by atoms with van der Waals surface area (Å²) in [7, 11) is 0. The molecular formula is C27H26N4O3. The normalized spacial score (nSPS) is 11.4. The van der Waals surface area contributed by atoms with E-state index in [1.807, 2.05) is 82.3 Å². The zero-order valence-electron chi connectivity index (χ0n) is 19.6. The van der Waals surface area contributed by atoms with Crippen LogP contribution in [0, 0.1) is 13.8 Å². The molecule has 3 heterocycles. The van der Waals surface area contributed by atoms with Gasteiger partial charge in [0.25, 0.3) is 5.56 Å². The molecule has 3 aromatic heterocycles. The van der Waals surface area contributed by atoms with E-state index >= 15 is 0 Å². The molecule has 0 aliphatic rings. The maximum absolute atomic E-state index is 13.2. The van der Waals surface area contributed by atoms with Crippen LogP contribution >= 0.6 is 0 Å². The Morgan fingerprint density at radius 1 is 0.971 bits per heavy atom. The molecule has 34 heavy (non-hydrogen) atoms. The number of rotatable bonds is 6. The molecule has 0 amide bonds. The van der Waals surface area contributed by atoms with Crippen LogP contribution in [0.1, 0.15) is 30.9 Å². The first-order valence-corrected chi connectivity index (χ1v) is 11.3. The van der Waals surface area contributed by atoms with Gasteiger partial charge in [0.15, 0.2) is 0 Å². The summed E-state index contributed by atoms with van der Waals surface area (Å²) in [6, 6.07) is 17.6. The molecule has 0 atom stereocenters.